The van der Waals surface area contributed by atoms with Gasteiger partial charge >= 0.3 is 0 Å². The number of thiazole rings is 1. The zero-order chi connectivity index (χ0) is 12.6. The molecule has 1 aromatic heterocycles. The van der Waals surface area contributed by atoms with Crippen molar-refractivity contribution in [2.45, 2.75) is 13.3 Å². The van der Waals surface area contributed by atoms with Gasteiger partial charge in [0, 0.05) is 19.6 Å². The van der Waals surface area contributed by atoms with Crippen molar-refractivity contribution < 1.29 is 0 Å². The molecule has 1 N–H and O–H groups in total. The second kappa shape index (κ2) is 4.52. The molecule has 2 heterocycles. The molecule has 0 amide bonds. The number of nitrogens with zero attached hydrogens (tertiary/aromatic N) is 2. The Balaban J connectivity index is 1.84. The molecule has 0 radical (unpaired) electrons. The Morgan fingerprint density at radius 1 is 1.44 bits per heavy atom. The van der Waals surface area contributed by atoms with E-state index in [-0.39, 0.29) is 0 Å². The smallest absolute Gasteiger partial charge is 0.186 e. The number of aromatic nitrogens is 1. The lowest BCUT2D eigenvalue weighted by molar-refractivity contribution is 0.356. The fourth-order valence-corrected chi connectivity index (χ4v) is 3.74. The van der Waals surface area contributed by atoms with Crippen LogP contribution in [0.3, 0.4) is 0 Å². The maximum Gasteiger partial charge on any atom is 0.186 e. The minimum Gasteiger partial charge on any atom is -0.347 e. The van der Waals surface area contributed by atoms with E-state index in [1.54, 1.807) is 0 Å². The van der Waals surface area contributed by atoms with Gasteiger partial charge in [-0.05, 0) is 31.0 Å². The lowest BCUT2D eigenvalue weighted by Crippen LogP contribution is -2.33. The number of hydrogen-bond acceptors (Lipinski definition) is 4. The summed E-state index contributed by atoms with van der Waals surface area (Å²) in [6.07, 6.45) is 1.24. The van der Waals surface area contributed by atoms with E-state index >= 15 is 0 Å². The number of rotatable bonds is 3. The van der Waals surface area contributed by atoms with Crippen molar-refractivity contribution >= 4 is 26.7 Å². The summed E-state index contributed by atoms with van der Waals surface area (Å²) < 4.78 is 1.29. The van der Waals surface area contributed by atoms with Crippen LogP contribution >= 0.6 is 11.3 Å². The van der Waals surface area contributed by atoms with Gasteiger partial charge in [-0.25, -0.2) is 4.98 Å². The summed E-state index contributed by atoms with van der Waals surface area (Å²) in [7, 11) is 2.03. The first-order chi connectivity index (χ1) is 8.70. The molecule has 4 heteroatoms. The Bertz CT molecular complexity index is 518. The third kappa shape index (κ3) is 2.10. The molecular weight excluding hydrogens is 242 g/mol. The Labute approximate surface area is 112 Å². The predicted octanol–water partition coefficient (Wildman–Crippen LogP) is 2.73. The SMILES string of the molecule is CNCC1(C)CCN(c2nc3ccccc3s2)C1. The highest BCUT2D eigenvalue weighted by Gasteiger charge is 2.34. The first kappa shape index (κ1) is 11.9. The third-order valence-electron chi connectivity index (χ3n) is 3.71. The zero-order valence-electron chi connectivity index (χ0n) is 10.9. The second-order valence-corrected chi connectivity index (χ2v) is 6.49. The van der Waals surface area contributed by atoms with Crippen LogP contribution in [0.5, 0.6) is 0 Å². The molecule has 96 valence electrons. The van der Waals surface area contributed by atoms with Crippen LogP contribution in [0.1, 0.15) is 13.3 Å². The molecule has 1 aliphatic heterocycles. The average Bonchev–Trinajstić information content (AvgIpc) is 2.93. The molecule has 1 saturated heterocycles. The van der Waals surface area contributed by atoms with Gasteiger partial charge in [0.05, 0.1) is 10.2 Å². The maximum atomic E-state index is 4.74. The summed E-state index contributed by atoms with van der Waals surface area (Å²) in [4.78, 5) is 7.18. The van der Waals surface area contributed by atoms with Crippen LogP contribution in [0.15, 0.2) is 24.3 Å². The number of anilines is 1. The molecule has 3 nitrogen and oxygen atoms in total. The van der Waals surface area contributed by atoms with Crippen LogP contribution in [-0.2, 0) is 0 Å². The van der Waals surface area contributed by atoms with Crippen LogP contribution in [0.2, 0.25) is 0 Å². The van der Waals surface area contributed by atoms with Gasteiger partial charge in [0.15, 0.2) is 5.13 Å². The molecule has 0 saturated carbocycles. The number of benzene rings is 1. The fraction of sp³-hybridized carbons (Fsp3) is 0.500. The van der Waals surface area contributed by atoms with Gasteiger partial charge in [-0.1, -0.05) is 30.4 Å². The Morgan fingerprint density at radius 3 is 3.06 bits per heavy atom. The van der Waals surface area contributed by atoms with Gasteiger partial charge in [-0.15, -0.1) is 0 Å². The summed E-state index contributed by atoms with van der Waals surface area (Å²) in [5.74, 6) is 0. The number of hydrogen-bond donors (Lipinski definition) is 1. The minimum absolute atomic E-state index is 0.382. The van der Waals surface area contributed by atoms with E-state index in [2.05, 4.69) is 41.4 Å². The molecule has 0 spiro atoms. The van der Waals surface area contributed by atoms with Crippen LogP contribution < -0.4 is 10.2 Å². The Morgan fingerprint density at radius 2 is 2.28 bits per heavy atom. The highest BCUT2D eigenvalue weighted by atomic mass is 32.1. The van der Waals surface area contributed by atoms with E-state index in [9.17, 15) is 0 Å². The molecule has 0 bridgehead atoms. The normalized spacial score (nSPS) is 24.0. The van der Waals surface area contributed by atoms with Gasteiger partial charge in [0.25, 0.3) is 0 Å². The van der Waals surface area contributed by atoms with E-state index in [0.717, 1.165) is 25.2 Å². The van der Waals surface area contributed by atoms with E-state index in [0.29, 0.717) is 5.41 Å². The topological polar surface area (TPSA) is 28.2 Å². The summed E-state index contributed by atoms with van der Waals surface area (Å²) in [6, 6.07) is 8.39. The third-order valence-corrected chi connectivity index (χ3v) is 4.81. The van der Waals surface area contributed by atoms with Crippen LogP contribution in [0, 0.1) is 5.41 Å². The van der Waals surface area contributed by atoms with Gasteiger partial charge in [0.1, 0.15) is 0 Å². The number of para-hydroxylation sites is 1. The quantitative estimate of drug-likeness (QED) is 0.921. The molecule has 0 aliphatic carbocycles. The molecule has 1 fully saturated rings. The van der Waals surface area contributed by atoms with Gasteiger partial charge < -0.3 is 10.2 Å². The second-order valence-electron chi connectivity index (χ2n) is 5.48. The monoisotopic (exact) mass is 261 g/mol. The lowest BCUT2D eigenvalue weighted by atomic mass is 9.90. The number of fused-ring (bicyclic) bond motifs is 1. The molecular formula is C14H19N3S. The fourth-order valence-electron chi connectivity index (χ4n) is 2.75. The number of nitrogens with one attached hydrogen (secondary N) is 1. The predicted molar refractivity (Wildman–Crippen MR) is 78.5 cm³/mol. The molecule has 1 aromatic carbocycles. The summed E-state index contributed by atoms with van der Waals surface area (Å²) >= 11 is 1.81. The van der Waals surface area contributed by atoms with Crippen molar-refractivity contribution in [1.82, 2.24) is 10.3 Å². The van der Waals surface area contributed by atoms with Crippen molar-refractivity contribution in [1.29, 1.82) is 0 Å². The summed E-state index contributed by atoms with van der Waals surface area (Å²) in [6.45, 7) is 5.66. The molecule has 18 heavy (non-hydrogen) atoms. The van der Waals surface area contributed by atoms with Crippen LogP contribution in [0.4, 0.5) is 5.13 Å². The van der Waals surface area contributed by atoms with Crippen molar-refractivity contribution in [3.8, 4) is 0 Å². The Kier molecular flexibility index (Phi) is 2.99. The maximum absolute atomic E-state index is 4.74. The average molecular weight is 261 g/mol. The van der Waals surface area contributed by atoms with Crippen LogP contribution in [0.25, 0.3) is 10.2 Å². The van der Waals surface area contributed by atoms with E-state index in [1.165, 1.54) is 16.3 Å². The highest BCUT2D eigenvalue weighted by Crippen LogP contribution is 2.36. The van der Waals surface area contributed by atoms with Gasteiger partial charge in [0.2, 0.25) is 0 Å². The largest absolute Gasteiger partial charge is 0.347 e. The van der Waals surface area contributed by atoms with Crippen LogP contribution in [-0.4, -0.2) is 31.7 Å². The zero-order valence-corrected chi connectivity index (χ0v) is 11.8. The van der Waals surface area contributed by atoms with Crippen molar-refractivity contribution in [3.63, 3.8) is 0 Å². The van der Waals surface area contributed by atoms with Crippen molar-refractivity contribution in [2.75, 3.05) is 31.6 Å². The highest BCUT2D eigenvalue weighted by molar-refractivity contribution is 7.22. The molecule has 2 aromatic rings. The van der Waals surface area contributed by atoms with Gasteiger partial charge in [-0.3, -0.25) is 0 Å². The first-order valence-corrected chi connectivity index (χ1v) is 7.27. The molecule has 1 unspecified atom stereocenters. The van der Waals surface area contributed by atoms with E-state index in [4.69, 9.17) is 4.98 Å². The van der Waals surface area contributed by atoms with Crippen molar-refractivity contribution in [2.24, 2.45) is 5.41 Å². The Hall–Kier alpha value is -1.13. The van der Waals surface area contributed by atoms with Crippen molar-refractivity contribution in [3.05, 3.63) is 24.3 Å². The lowest BCUT2D eigenvalue weighted by Gasteiger charge is -2.23. The van der Waals surface area contributed by atoms with E-state index in [1.807, 2.05) is 18.4 Å². The molecule has 1 atom stereocenters. The summed E-state index contributed by atoms with van der Waals surface area (Å²) in [5, 5.41) is 4.48. The standard InChI is InChI=1S/C14H19N3S/c1-14(9-15-2)7-8-17(10-14)13-16-11-5-3-4-6-12(11)18-13/h3-6,15H,7-10H2,1-2H3. The first-order valence-electron chi connectivity index (χ1n) is 6.45. The van der Waals surface area contributed by atoms with Gasteiger partial charge in [-0.2, -0.15) is 0 Å². The minimum atomic E-state index is 0.382. The van der Waals surface area contributed by atoms with E-state index < -0.39 is 0 Å². The molecule has 1 aliphatic rings. The summed E-state index contributed by atoms with van der Waals surface area (Å²) in [5.41, 5.74) is 1.51. The molecule has 3 rings (SSSR count).